The molecule has 0 amide bonds. The van der Waals surface area contributed by atoms with E-state index in [-0.39, 0.29) is 5.69 Å². The highest BCUT2D eigenvalue weighted by Crippen LogP contribution is 2.33. The van der Waals surface area contributed by atoms with Gasteiger partial charge in [-0.1, -0.05) is 24.3 Å². The molecular weight excluding hydrogens is 310 g/mol. The van der Waals surface area contributed by atoms with E-state index in [0.717, 1.165) is 0 Å². The van der Waals surface area contributed by atoms with E-state index in [4.69, 9.17) is 4.74 Å². The van der Waals surface area contributed by atoms with E-state index in [9.17, 15) is 14.9 Å². The van der Waals surface area contributed by atoms with Crippen LogP contribution in [0, 0.1) is 10.1 Å². The second-order valence-electron chi connectivity index (χ2n) is 5.22. The number of rotatable bonds is 4. The molecule has 0 spiro atoms. The minimum absolute atomic E-state index is 0.173. The van der Waals surface area contributed by atoms with E-state index in [1.54, 1.807) is 48.5 Å². The first-order chi connectivity index (χ1) is 11.5. The minimum Gasteiger partial charge on any atom is -0.497 e. The molecule has 3 aromatic rings. The molecule has 122 valence electrons. The average molecular weight is 325 g/mol. The van der Waals surface area contributed by atoms with Gasteiger partial charge in [0.25, 0.3) is 0 Å². The van der Waals surface area contributed by atoms with Gasteiger partial charge in [-0.2, -0.15) is 0 Å². The number of para-hydroxylation sites is 1. The highest BCUT2D eigenvalue weighted by Gasteiger charge is 2.24. The van der Waals surface area contributed by atoms with Crippen LogP contribution >= 0.6 is 0 Å². The zero-order valence-electron chi connectivity index (χ0n) is 13.1. The van der Waals surface area contributed by atoms with Gasteiger partial charge in [0.05, 0.1) is 17.5 Å². The Morgan fingerprint density at radius 3 is 2.62 bits per heavy atom. The van der Waals surface area contributed by atoms with Gasteiger partial charge in [0.1, 0.15) is 11.4 Å². The molecule has 1 heterocycles. The number of aryl methyl sites for hydroxylation is 1. The van der Waals surface area contributed by atoms with Crippen molar-refractivity contribution < 1.29 is 9.66 Å². The lowest BCUT2D eigenvalue weighted by molar-refractivity contribution is -0.385. The number of benzene rings is 2. The van der Waals surface area contributed by atoms with Crippen molar-refractivity contribution in [2.24, 2.45) is 7.05 Å². The topological polar surface area (TPSA) is 86.4 Å². The molecule has 0 aliphatic heterocycles. The fraction of sp³-hybridized carbons (Fsp3) is 0.118. The monoisotopic (exact) mass is 325 g/mol. The smallest absolute Gasteiger partial charge is 0.357 e. The Balaban J connectivity index is 2.29. The van der Waals surface area contributed by atoms with Gasteiger partial charge < -0.3 is 14.6 Å². The molecule has 0 aliphatic carbocycles. The van der Waals surface area contributed by atoms with Crippen molar-refractivity contribution >= 4 is 28.0 Å². The Labute approximate surface area is 137 Å². The van der Waals surface area contributed by atoms with Gasteiger partial charge in [0.15, 0.2) is 0 Å². The summed E-state index contributed by atoms with van der Waals surface area (Å²) < 4.78 is 6.44. The summed E-state index contributed by atoms with van der Waals surface area (Å²) in [5, 5.41) is 15.1. The van der Waals surface area contributed by atoms with Crippen molar-refractivity contribution in [3.63, 3.8) is 0 Å². The number of fused-ring (bicyclic) bond motifs is 1. The fourth-order valence-corrected chi connectivity index (χ4v) is 2.62. The Kier molecular flexibility index (Phi) is 3.91. The number of aromatic nitrogens is 1. The van der Waals surface area contributed by atoms with Crippen LogP contribution in [0.5, 0.6) is 5.75 Å². The molecule has 7 heteroatoms. The van der Waals surface area contributed by atoms with Crippen molar-refractivity contribution in [2.75, 3.05) is 12.4 Å². The van der Waals surface area contributed by atoms with Crippen LogP contribution in [-0.4, -0.2) is 16.6 Å². The SMILES string of the molecule is COc1cccc(Nc2c([N+](=O)[O-])c(=O)n(C)c3ccccc23)c1. The zero-order chi connectivity index (χ0) is 17.3. The molecule has 0 saturated heterocycles. The summed E-state index contributed by atoms with van der Waals surface area (Å²) in [4.78, 5) is 23.2. The summed E-state index contributed by atoms with van der Waals surface area (Å²) in [6.45, 7) is 0. The molecule has 0 atom stereocenters. The standard InChI is InChI=1S/C17H15N3O4/c1-19-14-9-4-3-8-13(14)15(16(17(19)21)20(22)23)18-11-6-5-7-12(10-11)24-2/h3-10,18H,1-2H3. The van der Waals surface area contributed by atoms with Crippen LogP contribution in [0.2, 0.25) is 0 Å². The van der Waals surface area contributed by atoms with E-state index in [0.29, 0.717) is 22.3 Å². The second kappa shape index (κ2) is 6.04. The van der Waals surface area contributed by atoms with Crippen molar-refractivity contribution in [3.05, 3.63) is 69.0 Å². The summed E-state index contributed by atoms with van der Waals surface area (Å²) in [6.07, 6.45) is 0. The first-order valence-electron chi connectivity index (χ1n) is 7.20. The molecule has 0 aliphatic rings. The van der Waals surface area contributed by atoms with E-state index in [1.807, 2.05) is 0 Å². The van der Waals surface area contributed by atoms with Crippen molar-refractivity contribution in [1.82, 2.24) is 4.57 Å². The van der Waals surface area contributed by atoms with E-state index in [1.165, 1.54) is 18.7 Å². The minimum atomic E-state index is -0.663. The number of anilines is 2. The normalized spacial score (nSPS) is 10.6. The molecule has 0 unspecified atom stereocenters. The third-order valence-corrected chi connectivity index (χ3v) is 3.80. The largest absolute Gasteiger partial charge is 0.497 e. The number of hydrogen-bond donors (Lipinski definition) is 1. The van der Waals surface area contributed by atoms with E-state index >= 15 is 0 Å². The van der Waals surface area contributed by atoms with Gasteiger partial charge >= 0.3 is 11.2 Å². The van der Waals surface area contributed by atoms with Gasteiger partial charge in [0, 0.05) is 24.2 Å². The predicted octanol–water partition coefficient (Wildman–Crippen LogP) is 3.20. The lowest BCUT2D eigenvalue weighted by Gasteiger charge is -2.13. The molecule has 2 aromatic carbocycles. The molecular formula is C17H15N3O4. The van der Waals surface area contributed by atoms with Crippen LogP contribution in [0.15, 0.2) is 53.3 Å². The third-order valence-electron chi connectivity index (χ3n) is 3.80. The van der Waals surface area contributed by atoms with Crippen molar-refractivity contribution in [1.29, 1.82) is 0 Å². The van der Waals surface area contributed by atoms with Crippen molar-refractivity contribution in [2.45, 2.75) is 0 Å². The van der Waals surface area contributed by atoms with Crippen LogP contribution in [0.1, 0.15) is 0 Å². The number of pyridine rings is 1. The summed E-state index contributed by atoms with van der Waals surface area (Å²) in [6, 6.07) is 14.0. The van der Waals surface area contributed by atoms with Gasteiger partial charge in [-0.3, -0.25) is 14.9 Å². The quantitative estimate of drug-likeness (QED) is 0.588. The number of nitro groups is 1. The van der Waals surface area contributed by atoms with Crippen LogP contribution in [-0.2, 0) is 7.05 Å². The lowest BCUT2D eigenvalue weighted by atomic mass is 10.1. The number of ether oxygens (including phenoxy) is 1. The molecule has 0 saturated carbocycles. The maximum atomic E-state index is 12.4. The summed E-state index contributed by atoms with van der Waals surface area (Å²) >= 11 is 0. The Morgan fingerprint density at radius 1 is 1.17 bits per heavy atom. The molecule has 7 nitrogen and oxygen atoms in total. The third kappa shape index (κ3) is 2.56. The van der Waals surface area contributed by atoms with Crippen LogP contribution in [0.4, 0.5) is 17.1 Å². The number of nitrogens with zero attached hydrogens (tertiary/aromatic N) is 2. The molecule has 1 N–H and O–H groups in total. The molecule has 0 radical (unpaired) electrons. The summed E-state index contributed by atoms with van der Waals surface area (Å²) in [5.74, 6) is 0.607. The number of methoxy groups -OCH3 is 1. The molecule has 0 fully saturated rings. The molecule has 3 rings (SSSR count). The van der Waals surface area contributed by atoms with Crippen LogP contribution in [0.25, 0.3) is 10.9 Å². The maximum Gasteiger partial charge on any atom is 0.357 e. The van der Waals surface area contributed by atoms with Crippen molar-refractivity contribution in [3.8, 4) is 5.75 Å². The van der Waals surface area contributed by atoms with Gasteiger partial charge in [-0.25, -0.2) is 0 Å². The predicted molar refractivity (Wildman–Crippen MR) is 92.1 cm³/mol. The fourth-order valence-electron chi connectivity index (χ4n) is 2.62. The second-order valence-corrected chi connectivity index (χ2v) is 5.22. The zero-order valence-corrected chi connectivity index (χ0v) is 13.1. The molecule has 24 heavy (non-hydrogen) atoms. The number of hydrogen-bond acceptors (Lipinski definition) is 5. The highest BCUT2D eigenvalue weighted by atomic mass is 16.6. The average Bonchev–Trinajstić information content (AvgIpc) is 2.59. The Hall–Kier alpha value is -3.35. The van der Waals surface area contributed by atoms with E-state index < -0.39 is 16.2 Å². The number of nitrogens with one attached hydrogen (secondary N) is 1. The maximum absolute atomic E-state index is 12.4. The van der Waals surface area contributed by atoms with Gasteiger partial charge in [0.2, 0.25) is 0 Å². The summed E-state index contributed by atoms with van der Waals surface area (Å²) in [5.41, 5.74) is 0.226. The van der Waals surface area contributed by atoms with E-state index in [2.05, 4.69) is 5.32 Å². The van der Waals surface area contributed by atoms with Crippen LogP contribution < -0.4 is 15.6 Å². The lowest BCUT2D eigenvalue weighted by Crippen LogP contribution is -2.21. The molecule has 0 bridgehead atoms. The first kappa shape index (κ1) is 15.5. The van der Waals surface area contributed by atoms with Crippen LogP contribution in [0.3, 0.4) is 0 Å². The summed E-state index contributed by atoms with van der Waals surface area (Å²) in [7, 11) is 3.06. The first-order valence-corrected chi connectivity index (χ1v) is 7.20. The Morgan fingerprint density at radius 2 is 1.92 bits per heavy atom. The highest BCUT2D eigenvalue weighted by molar-refractivity contribution is 5.97. The van der Waals surface area contributed by atoms with Gasteiger partial charge in [-0.05, 0) is 18.2 Å². The Bertz CT molecular complexity index is 995. The van der Waals surface area contributed by atoms with Gasteiger partial charge in [-0.15, -0.1) is 0 Å². The molecule has 1 aromatic heterocycles.